The first-order valence-electron chi connectivity index (χ1n) is 5.41. The summed E-state index contributed by atoms with van der Waals surface area (Å²) >= 11 is 7.74. The number of halogens is 1. The Bertz CT molecular complexity index is 500. The van der Waals surface area contributed by atoms with E-state index in [1.165, 1.54) is 0 Å². The summed E-state index contributed by atoms with van der Waals surface area (Å²) in [5.74, 6) is 2.87. The van der Waals surface area contributed by atoms with Crippen molar-refractivity contribution in [2.24, 2.45) is 0 Å². The first kappa shape index (κ1) is 12.4. The maximum atomic E-state index is 5.85. The van der Waals surface area contributed by atoms with Crippen LogP contribution in [0.15, 0.2) is 6.20 Å². The van der Waals surface area contributed by atoms with Crippen LogP contribution in [0.25, 0.3) is 11.0 Å². The van der Waals surface area contributed by atoms with Crippen molar-refractivity contribution in [3.8, 4) is 0 Å². The summed E-state index contributed by atoms with van der Waals surface area (Å²) in [6.45, 7) is 4.26. The van der Waals surface area contributed by atoms with Gasteiger partial charge in [-0.15, -0.1) is 0 Å². The first-order valence-corrected chi connectivity index (χ1v) is 6.95. The van der Waals surface area contributed by atoms with Gasteiger partial charge in [0.1, 0.15) is 5.82 Å². The molecule has 2 heterocycles. The molecule has 0 spiro atoms. The Morgan fingerprint density at radius 2 is 2.35 bits per heavy atom. The molecular weight excluding hydrogens is 258 g/mol. The summed E-state index contributed by atoms with van der Waals surface area (Å²) in [6.07, 6.45) is 1.70. The van der Waals surface area contributed by atoms with Gasteiger partial charge in [-0.05, 0) is 24.3 Å². The van der Waals surface area contributed by atoms with Gasteiger partial charge in [-0.1, -0.05) is 6.92 Å². The smallest absolute Gasteiger partial charge is 0.226 e. The molecular formula is C10H14ClN5S. The minimum Gasteiger partial charge on any atom is -0.366 e. The zero-order chi connectivity index (χ0) is 12.3. The number of thioether (sulfide) groups is 1. The van der Waals surface area contributed by atoms with Gasteiger partial charge in [-0.2, -0.15) is 26.8 Å². The Balaban J connectivity index is 2.19. The molecule has 0 fully saturated rings. The maximum absolute atomic E-state index is 5.85. The second-order valence-corrected chi connectivity index (χ2v) is 5.34. The van der Waals surface area contributed by atoms with Gasteiger partial charge < -0.3 is 5.32 Å². The topological polar surface area (TPSA) is 66.5 Å². The highest BCUT2D eigenvalue weighted by Crippen LogP contribution is 2.21. The van der Waals surface area contributed by atoms with E-state index in [-0.39, 0.29) is 5.28 Å². The van der Waals surface area contributed by atoms with E-state index < -0.39 is 0 Å². The minimum atomic E-state index is 0.222. The summed E-state index contributed by atoms with van der Waals surface area (Å²) in [7, 11) is 0. The summed E-state index contributed by atoms with van der Waals surface area (Å²) in [5, 5.41) is 11.1. The SMILES string of the molecule is CCSCC(C)Nc1nc(Cl)nc2[nH]ncc12. The number of hydrogen-bond donors (Lipinski definition) is 2. The van der Waals surface area contributed by atoms with Crippen LogP contribution in [0.2, 0.25) is 5.28 Å². The van der Waals surface area contributed by atoms with E-state index in [2.05, 4.69) is 39.3 Å². The van der Waals surface area contributed by atoms with Gasteiger partial charge in [0.2, 0.25) is 5.28 Å². The molecule has 0 radical (unpaired) electrons. The van der Waals surface area contributed by atoms with Gasteiger partial charge in [0.05, 0.1) is 11.6 Å². The van der Waals surface area contributed by atoms with Crippen LogP contribution in [0.4, 0.5) is 5.82 Å². The number of hydrogen-bond acceptors (Lipinski definition) is 5. The van der Waals surface area contributed by atoms with E-state index in [4.69, 9.17) is 11.6 Å². The number of aromatic amines is 1. The lowest BCUT2D eigenvalue weighted by Crippen LogP contribution is -2.19. The fraction of sp³-hybridized carbons (Fsp3) is 0.500. The van der Waals surface area contributed by atoms with Crippen LogP contribution < -0.4 is 5.32 Å². The second kappa shape index (κ2) is 5.55. The highest BCUT2D eigenvalue weighted by atomic mass is 35.5. The predicted molar refractivity (Wildman–Crippen MR) is 72.8 cm³/mol. The second-order valence-electron chi connectivity index (χ2n) is 3.68. The van der Waals surface area contributed by atoms with Gasteiger partial charge in [0.25, 0.3) is 0 Å². The highest BCUT2D eigenvalue weighted by Gasteiger charge is 2.10. The molecule has 0 amide bonds. The van der Waals surface area contributed by atoms with Crippen molar-refractivity contribution >= 4 is 40.2 Å². The van der Waals surface area contributed by atoms with Crippen LogP contribution in [0.3, 0.4) is 0 Å². The fourth-order valence-corrected chi connectivity index (χ4v) is 2.33. The third kappa shape index (κ3) is 3.01. The predicted octanol–water partition coefficient (Wildman–Crippen LogP) is 2.56. The normalized spacial score (nSPS) is 12.9. The van der Waals surface area contributed by atoms with Crippen molar-refractivity contribution in [3.63, 3.8) is 0 Å². The fourth-order valence-electron chi connectivity index (χ4n) is 1.49. The number of fused-ring (bicyclic) bond motifs is 1. The van der Waals surface area contributed by atoms with Gasteiger partial charge >= 0.3 is 0 Å². The van der Waals surface area contributed by atoms with Crippen molar-refractivity contribution < 1.29 is 0 Å². The molecule has 0 bridgehead atoms. The summed E-state index contributed by atoms with van der Waals surface area (Å²) in [6, 6.07) is 0.323. The van der Waals surface area contributed by atoms with Gasteiger partial charge in [-0.25, -0.2) is 0 Å². The number of nitrogens with zero attached hydrogens (tertiary/aromatic N) is 3. The lowest BCUT2D eigenvalue weighted by Gasteiger charge is -2.14. The third-order valence-corrected chi connectivity index (χ3v) is 3.55. The Morgan fingerprint density at radius 3 is 3.12 bits per heavy atom. The van der Waals surface area contributed by atoms with E-state index in [0.29, 0.717) is 11.7 Å². The number of anilines is 1. The Labute approximate surface area is 109 Å². The number of rotatable bonds is 5. The average molecular weight is 272 g/mol. The maximum Gasteiger partial charge on any atom is 0.226 e. The summed E-state index contributed by atoms with van der Waals surface area (Å²) in [4.78, 5) is 8.25. The molecule has 0 aliphatic heterocycles. The van der Waals surface area contributed by atoms with Gasteiger partial charge in [0, 0.05) is 11.8 Å². The minimum absolute atomic E-state index is 0.222. The molecule has 1 unspecified atom stereocenters. The number of H-pyrrole nitrogens is 1. The molecule has 2 N–H and O–H groups in total. The van der Waals surface area contributed by atoms with Crippen LogP contribution in [0, 0.1) is 0 Å². The molecule has 5 nitrogen and oxygen atoms in total. The average Bonchev–Trinajstić information content (AvgIpc) is 2.74. The van der Waals surface area contributed by atoms with E-state index in [9.17, 15) is 0 Å². The first-order chi connectivity index (χ1) is 8.20. The molecule has 0 aliphatic rings. The van der Waals surface area contributed by atoms with Crippen molar-refractivity contribution in [3.05, 3.63) is 11.5 Å². The summed E-state index contributed by atoms with van der Waals surface area (Å²) < 4.78 is 0. The monoisotopic (exact) mass is 271 g/mol. The summed E-state index contributed by atoms with van der Waals surface area (Å²) in [5.41, 5.74) is 0.655. The molecule has 2 aromatic rings. The van der Waals surface area contributed by atoms with E-state index in [0.717, 1.165) is 22.7 Å². The third-order valence-electron chi connectivity index (χ3n) is 2.24. The zero-order valence-electron chi connectivity index (χ0n) is 9.70. The largest absolute Gasteiger partial charge is 0.366 e. The molecule has 0 aliphatic carbocycles. The Hall–Kier alpha value is -1.01. The van der Waals surface area contributed by atoms with Crippen LogP contribution in [-0.2, 0) is 0 Å². The molecule has 0 aromatic carbocycles. The Kier molecular flexibility index (Phi) is 4.06. The lowest BCUT2D eigenvalue weighted by molar-refractivity contribution is 0.903. The zero-order valence-corrected chi connectivity index (χ0v) is 11.3. The van der Waals surface area contributed by atoms with Crippen molar-refractivity contribution in [1.29, 1.82) is 0 Å². The molecule has 7 heteroatoms. The number of nitrogens with one attached hydrogen (secondary N) is 2. The van der Waals surface area contributed by atoms with E-state index in [1.807, 2.05) is 11.8 Å². The van der Waals surface area contributed by atoms with Crippen molar-refractivity contribution in [2.75, 3.05) is 16.8 Å². The molecule has 2 aromatic heterocycles. The molecule has 0 saturated carbocycles. The molecule has 1 atom stereocenters. The van der Waals surface area contributed by atoms with Crippen molar-refractivity contribution in [1.82, 2.24) is 20.2 Å². The van der Waals surface area contributed by atoms with Gasteiger partial charge in [-0.3, -0.25) is 5.10 Å². The van der Waals surface area contributed by atoms with Crippen LogP contribution in [0.5, 0.6) is 0 Å². The van der Waals surface area contributed by atoms with E-state index >= 15 is 0 Å². The van der Waals surface area contributed by atoms with Gasteiger partial charge in [0.15, 0.2) is 5.65 Å². The van der Waals surface area contributed by atoms with E-state index in [1.54, 1.807) is 6.20 Å². The molecule has 0 saturated heterocycles. The quantitative estimate of drug-likeness (QED) is 0.818. The number of aromatic nitrogens is 4. The van der Waals surface area contributed by atoms with Crippen LogP contribution >= 0.6 is 23.4 Å². The standard InChI is InChI=1S/C10H14ClN5S/c1-3-17-5-6(2)13-8-7-4-12-16-9(7)15-10(11)14-8/h4,6H,3,5H2,1-2H3,(H2,12,13,14,15,16). The van der Waals surface area contributed by atoms with Crippen LogP contribution in [-0.4, -0.2) is 37.7 Å². The molecule has 2 rings (SSSR count). The van der Waals surface area contributed by atoms with Crippen LogP contribution in [0.1, 0.15) is 13.8 Å². The molecule has 92 valence electrons. The Morgan fingerprint density at radius 1 is 1.53 bits per heavy atom. The lowest BCUT2D eigenvalue weighted by atomic mass is 10.3. The van der Waals surface area contributed by atoms with Crippen molar-refractivity contribution in [2.45, 2.75) is 19.9 Å². The molecule has 17 heavy (non-hydrogen) atoms. The highest BCUT2D eigenvalue weighted by molar-refractivity contribution is 7.99.